The molecule has 1 saturated carbocycles. The van der Waals surface area contributed by atoms with Crippen LogP contribution >= 0.6 is 0 Å². The van der Waals surface area contributed by atoms with Gasteiger partial charge in [-0.2, -0.15) is 4.98 Å². The van der Waals surface area contributed by atoms with E-state index in [2.05, 4.69) is 22.0 Å². The molecule has 5 nitrogen and oxygen atoms in total. The van der Waals surface area contributed by atoms with E-state index < -0.39 is 5.54 Å². The third kappa shape index (κ3) is 2.48. The molecular formula is C14H24N4O. The smallest absolute Gasteiger partial charge is 0.266 e. The molecule has 1 saturated heterocycles. The molecule has 0 bridgehead atoms. The first-order valence-corrected chi connectivity index (χ1v) is 7.59. The highest BCUT2D eigenvalue weighted by Gasteiger charge is 2.38. The van der Waals surface area contributed by atoms with Gasteiger partial charge in [-0.1, -0.05) is 13.3 Å². The summed E-state index contributed by atoms with van der Waals surface area (Å²) in [4.78, 5) is 6.75. The molecule has 5 heteroatoms. The highest BCUT2D eigenvalue weighted by atomic mass is 16.5. The van der Waals surface area contributed by atoms with E-state index in [4.69, 9.17) is 10.3 Å². The van der Waals surface area contributed by atoms with Crippen molar-refractivity contribution in [3.63, 3.8) is 0 Å². The zero-order chi connectivity index (χ0) is 13.3. The molecule has 2 N–H and O–H groups in total. The van der Waals surface area contributed by atoms with Gasteiger partial charge < -0.3 is 15.2 Å². The van der Waals surface area contributed by atoms with Crippen molar-refractivity contribution in [3.8, 4) is 0 Å². The fourth-order valence-electron chi connectivity index (χ4n) is 3.28. The molecule has 0 unspecified atom stereocenters. The number of nitrogens with zero attached hydrogens (tertiary/aromatic N) is 3. The molecular weight excluding hydrogens is 240 g/mol. The predicted molar refractivity (Wildman–Crippen MR) is 73.9 cm³/mol. The van der Waals surface area contributed by atoms with Gasteiger partial charge in [-0.15, -0.1) is 0 Å². The summed E-state index contributed by atoms with van der Waals surface area (Å²) in [5.74, 6) is 2.19. The third-order valence-electron chi connectivity index (χ3n) is 4.80. The summed E-state index contributed by atoms with van der Waals surface area (Å²) in [6.07, 6.45) is 7.97. The minimum atomic E-state index is -0.392. The summed E-state index contributed by atoms with van der Waals surface area (Å²) in [5, 5.41) is 4.12. The molecule has 0 aromatic carbocycles. The van der Waals surface area contributed by atoms with Crippen molar-refractivity contribution in [2.24, 2.45) is 11.7 Å². The van der Waals surface area contributed by atoms with Crippen LogP contribution in [0.5, 0.6) is 0 Å². The quantitative estimate of drug-likeness (QED) is 0.908. The number of nitrogens with two attached hydrogens (primary N) is 1. The van der Waals surface area contributed by atoms with Gasteiger partial charge in [0.25, 0.3) is 5.95 Å². The van der Waals surface area contributed by atoms with Gasteiger partial charge in [0.15, 0.2) is 0 Å². The molecule has 106 valence electrons. The van der Waals surface area contributed by atoms with Crippen molar-refractivity contribution in [2.45, 2.75) is 57.4 Å². The van der Waals surface area contributed by atoms with Gasteiger partial charge in [0.2, 0.25) is 5.89 Å². The number of rotatable bonds is 3. The van der Waals surface area contributed by atoms with Gasteiger partial charge in [-0.05, 0) is 49.6 Å². The normalized spacial score (nSPS) is 31.9. The lowest BCUT2D eigenvalue weighted by molar-refractivity contribution is 0.181. The summed E-state index contributed by atoms with van der Waals surface area (Å²) >= 11 is 0. The van der Waals surface area contributed by atoms with Crippen molar-refractivity contribution in [3.05, 3.63) is 5.89 Å². The van der Waals surface area contributed by atoms with Crippen molar-refractivity contribution >= 4 is 5.95 Å². The molecule has 1 aliphatic carbocycles. The Balaban J connectivity index is 1.71. The van der Waals surface area contributed by atoms with Crippen LogP contribution < -0.4 is 10.6 Å². The van der Waals surface area contributed by atoms with E-state index in [1.165, 1.54) is 32.1 Å². The second kappa shape index (κ2) is 5.12. The molecule has 0 spiro atoms. The van der Waals surface area contributed by atoms with E-state index in [0.717, 1.165) is 37.8 Å². The van der Waals surface area contributed by atoms with Gasteiger partial charge in [-0.3, -0.25) is 0 Å². The van der Waals surface area contributed by atoms with Crippen LogP contribution in [0.1, 0.15) is 57.8 Å². The summed E-state index contributed by atoms with van der Waals surface area (Å²) in [6.45, 7) is 4.33. The molecule has 2 heterocycles. The van der Waals surface area contributed by atoms with E-state index in [0.29, 0.717) is 5.89 Å². The van der Waals surface area contributed by atoms with Crippen molar-refractivity contribution in [1.29, 1.82) is 0 Å². The van der Waals surface area contributed by atoms with Gasteiger partial charge in [0.05, 0.1) is 5.54 Å². The van der Waals surface area contributed by atoms with Crippen molar-refractivity contribution in [2.75, 3.05) is 18.0 Å². The van der Waals surface area contributed by atoms with Crippen molar-refractivity contribution in [1.82, 2.24) is 10.1 Å². The fourth-order valence-corrected chi connectivity index (χ4v) is 3.28. The number of hydrogen-bond donors (Lipinski definition) is 1. The fraction of sp³-hybridized carbons (Fsp3) is 0.857. The van der Waals surface area contributed by atoms with E-state index >= 15 is 0 Å². The standard InChI is InChI=1S/C14H24N4O/c1-2-11-5-7-14(15,8-6-11)12-16-13(17-19-12)18-9-3-4-10-18/h11H,2-10,15H2,1H3. The van der Waals surface area contributed by atoms with E-state index in [9.17, 15) is 0 Å². The highest BCUT2D eigenvalue weighted by molar-refractivity contribution is 5.30. The van der Waals surface area contributed by atoms with Gasteiger partial charge in [0.1, 0.15) is 0 Å². The van der Waals surface area contributed by atoms with Crippen molar-refractivity contribution < 1.29 is 4.52 Å². The molecule has 19 heavy (non-hydrogen) atoms. The maximum atomic E-state index is 6.49. The molecule has 1 aliphatic heterocycles. The Kier molecular flexibility index (Phi) is 3.48. The maximum absolute atomic E-state index is 6.49. The van der Waals surface area contributed by atoms with Gasteiger partial charge in [-0.25, -0.2) is 0 Å². The molecule has 2 fully saturated rings. The van der Waals surface area contributed by atoms with Crippen LogP contribution in [0.3, 0.4) is 0 Å². The van der Waals surface area contributed by atoms with Crippen LogP contribution in [-0.2, 0) is 5.54 Å². The number of hydrogen-bond acceptors (Lipinski definition) is 5. The Bertz CT molecular complexity index is 417. The Morgan fingerprint density at radius 1 is 1.32 bits per heavy atom. The van der Waals surface area contributed by atoms with Crippen LogP contribution in [0.4, 0.5) is 5.95 Å². The first-order valence-electron chi connectivity index (χ1n) is 7.59. The van der Waals surface area contributed by atoms with Crippen LogP contribution in [0, 0.1) is 5.92 Å². The van der Waals surface area contributed by atoms with Gasteiger partial charge >= 0.3 is 0 Å². The second-order valence-electron chi connectivity index (χ2n) is 6.10. The topological polar surface area (TPSA) is 68.2 Å². The van der Waals surface area contributed by atoms with Crippen LogP contribution in [-0.4, -0.2) is 23.2 Å². The average Bonchev–Trinajstić information content (AvgIpc) is 3.10. The molecule has 0 atom stereocenters. The van der Waals surface area contributed by atoms with Crippen LogP contribution in [0.25, 0.3) is 0 Å². The van der Waals surface area contributed by atoms with E-state index in [1.54, 1.807) is 0 Å². The largest absolute Gasteiger partial charge is 0.338 e. The van der Waals surface area contributed by atoms with Crippen LogP contribution in [0.15, 0.2) is 4.52 Å². The Morgan fingerprint density at radius 2 is 2.00 bits per heavy atom. The molecule has 0 amide bonds. The van der Waals surface area contributed by atoms with Gasteiger partial charge in [0, 0.05) is 13.1 Å². The minimum Gasteiger partial charge on any atom is -0.338 e. The number of aromatic nitrogens is 2. The Morgan fingerprint density at radius 3 is 2.63 bits per heavy atom. The SMILES string of the molecule is CCC1CCC(N)(c2nc(N3CCCC3)no2)CC1. The molecule has 3 rings (SSSR count). The third-order valence-corrected chi connectivity index (χ3v) is 4.80. The van der Waals surface area contributed by atoms with E-state index in [-0.39, 0.29) is 0 Å². The van der Waals surface area contributed by atoms with E-state index in [1.807, 2.05) is 0 Å². The summed E-state index contributed by atoms with van der Waals surface area (Å²) in [6, 6.07) is 0. The Labute approximate surface area is 114 Å². The van der Waals surface area contributed by atoms with Crippen LogP contribution in [0.2, 0.25) is 0 Å². The average molecular weight is 264 g/mol. The zero-order valence-corrected chi connectivity index (χ0v) is 11.8. The molecule has 1 aromatic heterocycles. The monoisotopic (exact) mass is 264 g/mol. The highest BCUT2D eigenvalue weighted by Crippen LogP contribution is 2.38. The summed E-state index contributed by atoms with van der Waals surface area (Å²) in [7, 11) is 0. The summed E-state index contributed by atoms with van der Waals surface area (Å²) in [5.41, 5.74) is 6.10. The lowest BCUT2D eigenvalue weighted by Gasteiger charge is -2.33. The Hall–Kier alpha value is -1.10. The number of anilines is 1. The maximum Gasteiger partial charge on any atom is 0.266 e. The predicted octanol–water partition coefficient (Wildman–Crippen LogP) is 2.42. The second-order valence-corrected chi connectivity index (χ2v) is 6.10. The molecule has 0 radical (unpaired) electrons. The lowest BCUT2D eigenvalue weighted by Crippen LogP contribution is -2.40. The first-order chi connectivity index (χ1) is 9.21. The minimum absolute atomic E-state index is 0.392. The first kappa shape index (κ1) is 12.9. The molecule has 1 aromatic rings. The lowest BCUT2D eigenvalue weighted by atomic mass is 9.76. The zero-order valence-electron chi connectivity index (χ0n) is 11.8. The molecule has 2 aliphatic rings. The summed E-state index contributed by atoms with van der Waals surface area (Å²) < 4.78 is 5.46.